The standard InChI is InChI=1S/C35H40Cl3N3O3/c1-3-34(20-11-6-12-21-34)41(23-26-14-7-5-8-15-26)30-19-13-16-27(30)24-40(33(42)44-25-35(36,37)38)32-22-31(43-4-2)28-17-9-10-18-29(28)39-32/h5-12,14-15,17-18,20,22,27,30H,3-4,13,16,19,21,23-25H2,1-2H3/t27-,30-,34+/m1/s1. The van der Waals surface area contributed by atoms with Crippen LogP contribution in [0.1, 0.15) is 51.5 Å². The van der Waals surface area contributed by atoms with Gasteiger partial charge < -0.3 is 9.47 Å². The van der Waals surface area contributed by atoms with Gasteiger partial charge in [-0.2, -0.15) is 0 Å². The maximum absolute atomic E-state index is 13.8. The molecule has 0 unspecified atom stereocenters. The molecule has 0 spiro atoms. The highest BCUT2D eigenvalue weighted by Crippen LogP contribution is 2.41. The first kappa shape index (κ1) is 32.6. The van der Waals surface area contributed by atoms with E-state index in [0.29, 0.717) is 24.7 Å². The molecule has 1 fully saturated rings. The lowest BCUT2D eigenvalue weighted by molar-refractivity contribution is 0.0463. The van der Waals surface area contributed by atoms with Gasteiger partial charge in [0.05, 0.1) is 12.1 Å². The lowest BCUT2D eigenvalue weighted by Crippen LogP contribution is -2.54. The van der Waals surface area contributed by atoms with Gasteiger partial charge in [-0.05, 0) is 56.2 Å². The van der Waals surface area contributed by atoms with Crippen LogP contribution in [-0.2, 0) is 11.3 Å². The predicted octanol–water partition coefficient (Wildman–Crippen LogP) is 9.28. The van der Waals surface area contributed by atoms with Gasteiger partial charge in [-0.15, -0.1) is 0 Å². The summed E-state index contributed by atoms with van der Waals surface area (Å²) in [6.07, 6.45) is 13.3. The van der Waals surface area contributed by atoms with Crippen molar-refractivity contribution in [3.05, 3.63) is 90.5 Å². The Morgan fingerprint density at radius 1 is 1.05 bits per heavy atom. The molecule has 1 amide bonds. The molecule has 44 heavy (non-hydrogen) atoms. The van der Waals surface area contributed by atoms with Crippen molar-refractivity contribution >= 4 is 57.6 Å². The summed E-state index contributed by atoms with van der Waals surface area (Å²) in [6, 6.07) is 20.4. The molecular weight excluding hydrogens is 617 g/mol. The summed E-state index contributed by atoms with van der Waals surface area (Å²) < 4.78 is 9.84. The Balaban J connectivity index is 1.52. The molecule has 9 heteroatoms. The molecule has 0 aliphatic heterocycles. The zero-order chi connectivity index (χ0) is 31.2. The maximum Gasteiger partial charge on any atom is 0.415 e. The molecule has 0 radical (unpaired) electrons. The van der Waals surface area contributed by atoms with E-state index in [-0.39, 0.29) is 24.1 Å². The second kappa shape index (κ2) is 14.6. The highest BCUT2D eigenvalue weighted by atomic mass is 35.6. The zero-order valence-corrected chi connectivity index (χ0v) is 27.6. The molecule has 2 aliphatic rings. The van der Waals surface area contributed by atoms with Crippen molar-refractivity contribution < 1.29 is 14.3 Å². The Labute approximate surface area is 275 Å². The van der Waals surface area contributed by atoms with Gasteiger partial charge in [0.25, 0.3) is 0 Å². The van der Waals surface area contributed by atoms with E-state index in [2.05, 4.69) is 66.5 Å². The molecule has 1 aromatic heterocycles. The summed E-state index contributed by atoms with van der Waals surface area (Å²) in [6.45, 7) is 5.53. The zero-order valence-electron chi connectivity index (χ0n) is 25.3. The van der Waals surface area contributed by atoms with E-state index in [0.717, 1.165) is 49.6 Å². The van der Waals surface area contributed by atoms with Gasteiger partial charge in [-0.1, -0.05) is 115 Å². The van der Waals surface area contributed by atoms with Crippen LogP contribution >= 0.6 is 34.8 Å². The third kappa shape index (κ3) is 7.71. The van der Waals surface area contributed by atoms with Gasteiger partial charge in [0.1, 0.15) is 18.2 Å². The lowest BCUT2D eigenvalue weighted by Gasteiger charge is -2.48. The minimum Gasteiger partial charge on any atom is -0.493 e. The summed E-state index contributed by atoms with van der Waals surface area (Å²) >= 11 is 17.9. The number of fused-ring (bicyclic) bond motifs is 1. The van der Waals surface area contributed by atoms with E-state index < -0.39 is 9.89 Å². The van der Waals surface area contributed by atoms with Gasteiger partial charge in [0.2, 0.25) is 3.79 Å². The average Bonchev–Trinajstić information content (AvgIpc) is 3.49. The van der Waals surface area contributed by atoms with Crippen LogP contribution < -0.4 is 9.64 Å². The number of aromatic nitrogens is 1. The van der Waals surface area contributed by atoms with E-state index in [4.69, 9.17) is 49.3 Å². The number of nitrogens with zero attached hydrogens (tertiary/aromatic N) is 3. The van der Waals surface area contributed by atoms with Crippen LogP contribution in [0.2, 0.25) is 0 Å². The number of carbonyl (C=O) groups excluding carboxylic acids is 1. The summed E-state index contributed by atoms with van der Waals surface area (Å²) in [5.74, 6) is 1.27. The number of amides is 1. The molecular formula is C35H40Cl3N3O3. The number of hydrogen-bond donors (Lipinski definition) is 0. The first-order valence-electron chi connectivity index (χ1n) is 15.4. The van der Waals surface area contributed by atoms with Gasteiger partial charge >= 0.3 is 6.09 Å². The van der Waals surface area contributed by atoms with Crippen LogP contribution in [0.15, 0.2) is 85.0 Å². The van der Waals surface area contributed by atoms with Crippen LogP contribution in [-0.4, -0.2) is 51.1 Å². The van der Waals surface area contributed by atoms with Crippen molar-refractivity contribution in [2.45, 2.75) is 67.9 Å². The monoisotopic (exact) mass is 655 g/mol. The number of ether oxygens (including phenoxy) is 2. The number of anilines is 1. The quantitative estimate of drug-likeness (QED) is 0.193. The van der Waals surface area contributed by atoms with E-state index in [1.165, 1.54) is 5.56 Å². The molecule has 1 saturated carbocycles. The number of para-hydroxylation sites is 1. The van der Waals surface area contributed by atoms with Gasteiger partial charge in [-0.3, -0.25) is 9.80 Å². The summed E-state index contributed by atoms with van der Waals surface area (Å²) in [5.41, 5.74) is 1.87. The van der Waals surface area contributed by atoms with Crippen LogP contribution in [0.4, 0.5) is 10.6 Å². The predicted molar refractivity (Wildman–Crippen MR) is 181 cm³/mol. The fourth-order valence-electron chi connectivity index (χ4n) is 6.62. The van der Waals surface area contributed by atoms with Crippen molar-refractivity contribution in [1.29, 1.82) is 0 Å². The Morgan fingerprint density at radius 2 is 1.82 bits per heavy atom. The summed E-state index contributed by atoms with van der Waals surface area (Å²) in [7, 11) is 0. The van der Waals surface area contributed by atoms with E-state index in [1.54, 1.807) is 4.90 Å². The molecule has 0 bridgehead atoms. The van der Waals surface area contributed by atoms with Crippen LogP contribution in [0.5, 0.6) is 5.75 Å². The maximum atomic E-state index is 13.8. The van der Waals surface area contributed by atoms with Crippen molar-refractivity contribution in [3.63, 3.8) is 0 Å². The molecule has 6 nitrogen and oxygen atoms in total. The molecule has 0 saturated heterocycles. The summed E-state index contributed by atoms with van der Waals surface area (Å²) in [4.78, 5) is 23.0. The smallest absolute Gasteiger partial charge is 0.415 e. The van der Waals surface area contributed by atoms with Crippen LogP contribution in [0.3, 0.4) is 0 Å². The van der Waals surface area contributed by atoms with Crippen molar-refractivity contribution in [2.75, 3.05) is 24.7 Å². The summed E-state index contributed by atoms with van der Waals surface area (Å²) in [5, 5.41) is 0.877. The van der Waals surface area contributed by atoms with Crippen LogP contribution in [0, 0.1) is 5.92 Å². The van der Waals surface area contributed by atoms with Gasteiger partial charge in [-0.25, -0.2) is 9.78 Å². The molecule has 5 rings (SSSR count). The largest absolute Gasteiger partial charge is 0.493 e. The number of alkyl halides is 3. The first-order valence-corrected chi connectivity index (χ1v) is 16.5. The van der Waals surface area contributed by atoms with Crippen molar-refractivity contribution in [3.8, 4) is 5.75 Å². The first-order chi connectivity index (χ1) is 21.2. The van der Waals surface area contributed by atoms with Crippen molar-refractivity contribution in [1.82, 2.24) is 9.88 Å². The van der Waals surface area contributed by atoms with Gasteiger partial charge in [0.15, 0.2) is 0 Å². The molecule has 2 aliphatic carbocycles. The minimum atomic E-state index is -1.73. The van der Waals surface area contributed by atoms with Gasteiger partial charge in [0, 0.05) is 36.1 Å². The third-order valence-corrected chi connectivity index (χ3v) is 9.09. The SMILES string of the molecule is CCOc1cc(N(C[C@H]2CCC[C@H]2N(Cc2ccccc2)[C@@]2(CC)C=CC=CC2)C(=O)OCC(Cl)(Cl)Cl)nc2ccccc12. The number of hydrogen-bond acceptors (Lipinski definition) is 5. The minimum absolute atomic E-state index is 0.123. The fourth-order valence-corrected chi connectivity index (χ4v) is 6.78. The molecule has 2 aromatic carbocycles. The highest BCUT2D eigenvalue weighted by Gasteiger charge is 2.43. The lowest BCUT2D eigenvalue weighted by atomic mass is 9.83. The second-order valence-electron chi connectivity index (χ2n) is 11.5. The number of benzene rings is 2. The van der Waals surface area contributed by atoms with E-state index in [1.807, 2.05) is 37.3 Å². The van der Waals surface area contributed by atoms with E-state index >= 15 is 0 Å². The Kier molecular flexibility index (Phi) is 10.8. The molecule has 3 atom stereocenters. The molecule has 0 N–H and O–H groups in total. The average molecular weight is 657 g/mol. The number of halogens is 3. The Morgan fingerprint density at radius 3 is 2.52 bits per heavy atom. The Hall–Kier alpha value is -2.77. The Bertz CT molecular complexity index is 1480. The highest BCUT2D eigenvalue weighted by molar-refractivity contribution is 6.67. The fraction of sp³-hybridized carbons (Fsp3) is 0.429. The van der Waals surface area contributed by atoms with E-state index in [9.17, 15) is 4.79 Å². The normalized spacial score (nSPS) is 21.6. The molecule has 1 heterocycles. The third-order valence-electron chi connectivity index (χ3n) is 8.76. The number of allylic oxidation sites excluding steroid dienone is 2. The van der Waals surface area contributed by atoms with Crippen LogP contribution in [0.25, 0.3) is 10.9 Å². The number of rotatable bonds is 11. The van der Waals surface area contributed by atoms with Crippen molar-refractivity contribution in [2.24, 2.45) is 5.92 Å². The second-order valence-corrected chi connectivity index (χ2v) is 14.0. The number of pyridine rings is 1. The topological polar surface area (TPSA) is 54.9 Å². The number of carbonyl (C=O) groups is 1. The molecule has 3 aromatic rings. The molecule has 234 valence electrons.